The molecule has 1 saturated heterocycles. The van der Waals surface area contributed by atoms with Crippen LogP contribution in [-0.4, -0.2) is 55.2 Å². The number of likely N-dealkylation sites (tertiary alicyclic amines) is 1. The lowest BCUT2D eigenvalue weighted by molar-refractivity contribution is 0.106. The van der Waals surface area contributed by atoms with Crippen molar-refractivity contribution in [3.8, 4) is 0 Å². The van der Waals surface area contributed by atoms with Crippen LogP contribution in [0.5, 0.6) is 0 Å². The van der Waals surface area contributed by atoms with Gasteiger partial charge >= 0.3 is 6.09 Å². The van der Waals surface area contributed by atoms with Crippen molar-refractivity contribution in [3.05, 3.63) is 48.6 Å². The summed E-state index contributed by atoms with van der Waals surface area (Å²) in [6, 6.07) is 0. The molecule has 0 bridgehead atoms. The summed E-state index contributed by atoms with van der Waals surface area (Å²) in [7, 11) is 0. The van der Waals surface area contributed by atoms with Crippen LogP contribution < -0.4 is 0 Å². The SMILES string of the molecule is CCCCCCCC/C=C\CCCCC/C=C/CN(C/C=C/CCCCC/C=C\CCCCCCCC)C(=O)OCCCN1CCCC1. The van der Waals surface area contributed by atoms with Crippen LogP contribution in [0.15, 0.2) is 48.6 Å². The van der Waals surface area contributed by atoms with Gasteiger partial charge in [0.2, 0.25) is 0 Å². The largest absolute Gasteiger partial charge is 0.449 e. The van der Waals surface area contributed by atoms with Gasteiger partial charge in [-0.05, 0) is 109 Å². The van der Waals surface area contributed by atoms with Crippen LogP contribution in [0.4, 0.5) is 4.79 Å². The number of nitrogens with zero attached hydrogens (tertiary/aromatic N) is 2. The van der Waals surface area contributed by atoms with Crippen molar-refractivity contribution in [1.29, 1.82) is 0 Å². The van der Waals surface area contributed by atoms with E-state index in [1.54, 1.807) is 0 Å². The number of rotatable bonds is 34. The Morgan fingerprint density at radius 3 is 1.27 bits per heavy atom. The molecule has 4 heteroatoms. The number of hydrogen-bond donors (Lipinski definition) is 0. The predicted molar refractivity (Wildman–Crippen MR) is 212 cm³/mol. The predicted octanol–water partition coefficient (Wildman–Crippen LogP) is 13.5. The average molecular weight is 669 g/mol. The fraction of sp³-hybridized carbons (Fsp3) is 0.795. The summed E-state index contributed by atoms with van der Waals surface area (Å²) >= 11 is 0. The van der Waals surface area contributed by atoms with Crippen molar-refractivity contribution < 1.29 is 9.53 Å². The molecule has 1 heterocycles. The van der Waals surface area contributed by atoms with Gasteiger partial charge in [-0.25, -0.2) is 4.79 Å². The zero-order valence-corrected chi connectivity index (χ0v) is 32.2. The second-order valence-electron chi connectivity index (χ2n) is 14.2. The maximum atomic E-state index is 12.9. The quantitative estimate of drug-likeness (QED) is 0.0505. The molecule has 1 amide bonds. The summed E-state index contributed by atoms with van der Waals surface area (Å²) in [5, 5.41) is 0. The van der Waals surface area contributed by atoms with Gasteiger partial charge in [0.1, 0.15) is 0 Å². The summed E-state index contributed by atoms with van der Waals surface area (Å²) in [6.07, 6.45) is 52.9. The fourth-order valence-electron chi connectivity index (χ4n) is 6.37. The smallest absolute Gasteiger partial charge is 0.410 e. The molecule has 0 saturated carbocycles. The maximum Gasteiger partial charge on any atom is 0.410 e. The molecule has 0 atom stereocenters. The van der Waals surface area contributed by atoms with E-state index < -0.39 is 0 Å². The second kappa shape index (κ2) is 36.5. The average Bonchev–Trinajstić information content (AvgIpc) is 3.62. The van der Waals surface area contributed by atoms with Crippen molar-refractivity contribution in [2.45, 2.75) is 187 Å². The zero-order chi connectivity index (χ0) is 34.4. The molecule has 0 N–H and O–H groups in total. The maximum absolute atomic E-state index is 12.9. The molecule has 1 fully saturated rings. The lowest BCUT2D eigenvalue weighted by atomic mass is 10.1. The van der Waals surface area contributed by atoms with Crippen LogP contribution in [0.25, 0.3) is 0 Å². The van der Waals surface area contributed by atoms with Gasteiger partial charge in [0, 0.05) is 19.6 Å². The van der Waals surface area contributed by atoms with E-state index in [1.807, 2.05) is 4.90 Å². The molecule has 0 aliphatic carbocycles. The van der Waals surface area contributed by atoms with Crippen LogP contribution in [0.2, 0.25) is 0 Å². The van der Waals surface area contributed by atoms with Gasteiger partial charge in [0.15, 0.2) is 0 Å². The van der Waals surface area contributed by atoms with E-state index >= 15 is 0 Å². The Morgan fingerprint density at radius 2 is 0.854 bits per heavy atom. The van der Waals surface area contributed by atoms with Crippen molar-refractivity contribution in [2.24, 2.45) is 0 Å². The number of hydrogen-bond acceptors (Lipinski definition) is 3. The van der Waals surface area contributed by atoms with E-state index in [4.69, 9.17) is 4.74 Å². The molecule has 1 aliphatic rings. The first-order valence-corrected chi connectivity index (χ1v) is 21.0. The topological polar surface area (TPSA) is 32.8 Å². The van der Waals surface area contributed by atoms with E-state index in [0.29, 0.717) is 19.7 Å². The Balaban J connectivity index is 2.21. The number of ether oxygens (including phenoxy) is 1. The minimum absolute atomic E-state index is 0.175. The third-order valence-electron chi connectivity index (χ3n) is 9.55. The van der Waals surface area contributed by atoms with Crippen molar-refractivity contribution in [1.82, 2.24) is 9.80 Å². The van der Waals surface area contributed by atoms with E-state index in [9.17, 15) is 4.79 Å². The Morgan fingerprint density at radius 1 is 0.500 bits per heavy atom. The number of amides is 1. The van der Waals surface area contributed by atoms with E-state index in [2.05, 4.69) is 67.4 Å². The first kappa shape index (κ1) is 44.2. The standard InChI is InChI=1S/C44H80N2O2/c1-3-5-7-9-11-13-15-17-19-21-23-25-27-29-31-33-41-46(44(47)48-43-37-40-45-38-35-36-39-45)42-34-32-30-28-26-24-22-20-18-16-14-12-10-8-6-4-2/h17-20,31-34H,3-16,21-30,35-43H2,1-2H3/b19-17-,20-18-,33-31+,34-32+. The lowest BCUT2D eigenvalue weighted by Crippen LogP contribution is -2.32. The Hall–Kier alpha value is -1.81. The number of carbonyl (C=O) groups is 1. The normalized spacial score (nSPS) is 14.1. The first-order valence-electron chi connectivity index (χ1n) is 21.0. The van der Waals surface area contributed by atoms with Gasteiger partial charge in [0.25, 0.3) is 0 Å². The first-order chi connectivity index (χ1) is 23.8. The second-order valence-corrected chi connectivity index (χ2v) is 14.2. The van der Waals surface area contributed by atoms with Crippen molar-refractivity contribution >= 4 is 6.09 Å². The molecule has 0 aromatic rings. The zero-order valence-electron chi connectivity index (χ0n) is 32.2. The van der Waals surface area contributed by atoms with E-state index in [-0.39, 0.29) is 6.09 Å². The summed E-state index contributed by atoms with van der Waals surface area (Å²) in [5.41, 5.74) is 0. The number of carbonyl (C=O) groups excluding carboxylic acids is 1. The van der Waals surface area contributed by atoms with Crippen LogP contribution in [-0.2, 0) is 4.74 Å². The van der Waals surface area contributed by atoms with Crippen LogP contribution in [0, 0.1) is 0 Å². The van der Waals surface area contributed by atoms with Gasteiger partial charge in [-0.2, -0.15) is 0 Å². The van der Waals surface area contributed by atoms with Crippen molar-refractivity contribution in [3.63, 3.8) is 0 Å². The Bertz CT molecular complexity index is 748. The van der Waals surface area contributed by atoms with Crippen LogP contribution in [0.3, 0.4) is 0 Å². The molecule has 0 unspecified atom stereocenters. The van der Waals surface area contributed by atoms with Gasteiger partial charge in [-0.3, -0.25) is 0 Å². The third-order valence-corrected chi connectivity index (χ3v) is 9.55. The Labute approximate surface area is 299 Å². The minimum Gasteiger partial charge on any atom is -0.449 e. The van der Waals surface area contributed by atoms with Crippen molar-refractivity contribution in [2.75, 3.05) is 39.3 Å². The fourth-order valence-corrected chi connectivity index (χ4v) is 6.37. The van der Waals surface area contributed by atoms with Gasteiger partial charge in [-0.1, -0.05) is 140 Å². The Kier molecular flexibility index (Phi) is 33.6. The molecule has 0 aromatic heterocycles. The summed E-state index contributed by atoms with van der Waals surface area (Å²) in [6.45, 7) is 9.76. The molecule has 1 rings (SSSR count). The molecule has 1 aliphatic heterocycles. The highest BCUT2D eigenvalue weighted by molar-refractivity contribution is 5.68. The van der Waals surface area contributed by atoms with E-state index in [0.717, 1.165) is 25.8 Å². The van der Waals surface area contributed by atoms with Crippen LogP contribution in [0.1, 0.15) is 187 Å². The number of allylic oxidation sites excluding steroid dienone is 6. The molecule has 0 radical (unpaired) electrons. The highest BCUT2D eigenvalue weighted by Gasteiger charge is 2.14. The molecule has 4 nitrogen and oxygen atoms in total. The monoisotopic (exact) mass is 669 g/mol. The molecular weight excluding hydrogens is 588 g/mol. The molecule has 48 heavy (non-hydrogen) atoms. The molecule has 0 aromatic carbocycles. The molecule has 278 valence electrons. The summed E-state index contributed by atoms with van der Waals surface area (Å²) in [4.78, 5) is 17.3. The molecule has 0 spiro atoms. The lowest BCUT2D eigenvalue weighted by Gasteiger charge is -2.20. The third kappa shape index (κ3) is 30.3. The van der Waals surface area contributed by atoms with Gasteiger partial charge in [0.05, 0.1) is 6.61 Å². The number of unbranched alkanes of at least 4 members (excludes halogenated alkanes) is 20. The summed E-state index contributed by atoms with van der Waals surface area (Å²) < 4.78 is 5.70. The van der Waals surface area contributed by atoms with Crippen LogP contribution >= 0.6 is 0 Å². The molecular formula is C44H80N2O2. The van der Waals surface area contributed by atoms with E-state index in [1.165, 1.54) is 167 Å². The highest BCUT2D eigenvalue weighted by Crippen LogP contribution is 2.11. The van der Waals surface area contributed by atoms with Gasteiger partial charge < -0.3 is 14.5 Å². The summed E-state index contributed by atoms with van der Waals surface area (Å²) in [5.74, 6) is 0. The minimum atomic E-state index is -0.175. The highest BCUT2D eigenvalue weighted by atomic mass is 16.6. The van der Waals surface area contributed by atoms with Gasteiger partial charge in [-0.15, -0.1) is 0 Å².